The molecule has 10 nitrogen and oxygen atoms in total. The molecule has 4 rings (SSSR count). The van der Waals surface area contributed by atoms with Gasteiger partial charge in [-0.2, -0.15) is 0 Å². The van der Waals surface area contributed by atoms with Gasteiger partial charge in [0.15, 0.2) is 5.78 Å². The highest BCUT2D eigenvalue weighted by molar-refractivity contribution is 7.13. The first-order chi connectivity index (χ1) is 23.9. The summed E-state index contributed by atoms with van der Waals surface area (Å²) in [5.41, 5.74) is 6.72. The van der Waals surface area contributed by atoms with Crippen LogP contribution in [0.2, 0.25) is 0 Å². The molecule has 1 aliphatic heterocycles. The summed E-state index contributed by atoms with van der Waals surface area (Å²) in [5.74, 6) is -1.18. The Morgan fingerprint density at radius 1 is 1.08 bits per heavy atom. The van der Waals surface area contributed by atoms with Gasteiger partial charge in [-0.05, 0) is 67.0 Å². The van der Waals surface area contributed by atoms with Crippen LogP contribution < -0.4 is 10.6 Å². The van der Waals surface area contributed by atoms with Crippen LogP contribution in [-0.4, -0.2) is 78.2 Å². The Morgan fingerprint density at radius 2 is 1.80 bits per heavy atom. The summed E-state index contributed by atoms with van der Waals surface area (Å²) in [6.45, 7) is 14.1. The molecule has 3 N–H and O–H groups in total. The van der Waals surface area contributed by atoms with Crippen LogP contribution in [0.5, 0.6) is 0 Å². The number of esters is 1. The molecular weight excluding hydrogens is 653 g/mol. The van der Waals surface area contributed by atoms with Crippen molar-refractivity contribution in [2.75, 3.05) is 38.7 Å². The van der Waals surface area contributed by atoms with Crippen molar-refractivity contribution < 1.29 is 29.0 Å². The van der Waals surface area contributed by atoms with E-state index in [9.17, 15) is 19.5 Å². The number of amides is 1. The van der Waals surface area contributed by atoms with E-state index in [2.05, 4.69) is 46.5 Å². The smallest absolute Gasteiger partial charge is 0.337 e. The molecule has 3 aromatic rings. The predicted octanol–water partition coefficient (Wildman–Crippen LogP) is 6.39. The Kier molecular flexibility index (Phi) is 14.1. The van der Waals surface area contributed by atoms with E-state index in [0.29, 0.717) is 30.8 Å². The van der Waals surface area contributed by atoms with E-state index in [1.807, 2.05) is 45.3 Å². The number of hydrogen-bond donors (Lipinski definition) is 3. The number of nitrogens with zero attached hydrogens (tertiary/aromatic N) is 2. The number of ketones is 1. The third-order valence-corrected chi connectivity index (χ3v) is 10.1. The van der Waals surface area contributed by atoms with Crippen LogP contribution in [0.1, 0.15) is 74.5 Å². The molecular formula is C39H52N4O6S. The molecule has 11 heteroatoms. The number of thiazole rings is 1. The second-order valence-electron chi connectivity index (χ2n) is 14.0. The second-order valence-corrected chi connectivity index (χ2v) is 14.9. The molecule has 3 atom stereocenters. The zero-order valence-electron chi connectivity index (χ0n) is 30.0. The van der Waals surface area contributed by atoms with Crippen LogP contribution in [0.25, 0.3) is 10.4 Å². The number of aryl methyl sites for hydroxylation is 1. The summed E-state index contributed by atoms with van der Waals surface area (Å²) in [6.07, 6.45) is 2.48. The van der Waals surface area contributed by atoms with Gasteiger partial charge in [0.2, 0.25) is 5.91 Å². The molecule has 0 spiro atoms. The van der Waals surface area contributed by atoms with Crippen molar-refractivity contribution in [3.05, 3.63) is 83.1 Å². The standard InChI is InChI=1S/C39H52N4O6S/c1-26(41-22-28-10-12-29(13-11-28)36-27(2)42-25-50-36)35-21-32(44)23-43(35)37(46)34(39(3,4)5)20-33(45)24-49-19-9-7-8-18-40-31-16-14-30(15-17-31)38(47)48-6/h10-17,25,32,34-35,40-41,44H,1,7-9,18-24H2,2-6H3/t32-,34-,35+/m1/s1. The monoisotopic (exact) mass is 704 g/mol. The van der Waals surface area contributed by atoms with Crippen molar-refractivity contribution >= 4 is 34.7 Å². The van der Waals surface area contributed by atoms with Gasteiger partial charge in [0, 0.05) is 56.4 Å². The number of likely N-dealkylation sites (tertiary alicyclic amines) is 1. The van der Waals surface area contributed by atoms with Gasteiger partial charge >= 0.3 is 5.97 Å². The maximum atomic E-state index is 14.0. The number of aliphatic hydroxyl groups excluding tert-OH is 1. The molecule has 1 amide bonds. The number of Topliss-reactive ketones (excluding diaryl/α,β-unsaturated/α-hetero) is 1. The van der Waals surface area contributed by atoms with Gasteiger partial charge in [-0.15, -0.1) is 11.3 Å². The number of benzene rings is 2. The molecule has 1 aromatic heterocycles. The van der Waals surface area contributed by atoms with Crippen LogP contribution >= 0.6 is 11.3 Å². The summed E-state index contributed by atoms with van der Waals surface area (Å²) in [6, 6.07) is 15.1. The van der Waals surface area contributed by atoms with Gasteiger partial charge < -0.3 is 30.1 Å². The average Bonchev–Trinajstić information content (AvgIpc) is 3.71. The molecule has 2 heterocycles. The quantitative estimate of drug-likeness (QED) is 0.102. The molecule has 0 unspecified atom stereocenters. The summed E-state index contributed by atoms with van der Waals surface area (Å²) >= 11 is 1.62. The van der Waals surface area contributed by atoms with E-state index in [1.165, 1.54) is 7.11 Å². The number of aromatic nitrogens is 1. The summed E-state index contributed by atoms with van der Waals surface area (Å²) in [7, 11) is 1.36. The Bertz CT molecular complexity index is 1580. The Morgan fingerprint density at radius 3 is 2.44 bits per heavy atom. The molecule has 1 fully saturated rings. The van der Waals surface area contributed by atoms with E-state index >= 15 is 0 Å². The van der Waals surface area contributed by atoms with Crippen LogP contribution in [0.4, 0.5) is 5.69 Å². The van der Waals surface area contributed by atoms with Gasteiger partial charge in [0.05, 0.1) is 40.9 Å². The fraction of sp³-hybridized carbons (Fsp3) is 0.487. The SMILES string of the molecule is C=C(NCc1ccc(-c2scnc2C)cc1)[C@@H]1C[C@@H](O)CN1C(=O)[C@@H](CC(=O)COCCCCCNc1ccc(C(=O)OC)cc1)C(C)(C)C. The second kappa shape index (κ2) is 18.3. The van der Waals surface area contributed by atoms with Crippen molar-refractivity contribution in [3.63, 3.8) is 0 Å². The molecule has 0 bridgehead atoms. The number of ether oxygens (including phenoxy) is 2. The van der Waals surface area contributed by atoms with Crippen molar-refractivity contribution in [2.45, 2.75) is 78.5 Å². The zero-order chi connectivity index (χ0) is 36.3. The minimum Gasteiger partial charge on any atom is -0.465 e. The minimum absolute atomic E-state index is 0.0354. The fourth-order valence-corrected chi connectivity index (χ4v) is 6.90. The molecule has 0 radical (unpaired) electrons. The van der Waals surface area contributed by atoms with E-state index < -0.39 is 17.4 Å². The normalized spacial score (nSPS) is 16.6. The number of carbonyl (C=O) groups is 3. The number of rotatable bonds is 18. The Labute approximate surface area is 300 Å². The van der Waals surface area contributed by atoms with E-state index in [-0.39, 0.29) is 43.3 Å². The summed E-state index contributed by atoms with van der Waals surface area (Å²) in [5, 5.41) is 17.3. The first-order valence-corrected chi connectivity index (χ1v) is 18.2. The van der Waals surface area contributed by atoms with Crippen molar-refractivity contribution in [3.8, 4) is 10.4 Å². The lowest BCUT2D eigenvalue weighted by molar-refractivity contribution is -0.143. The number of nitrogens with one attached hydrogen (secondary N) is 2. The van der Waals surface area contributed by atoms with Crippen LogP contribution in [0.15, 0.2) is 66.3 Å². The molecule has 270 valence electrons. The van der Waals surface area contributed by atoms with Gasteiger partial charge in [0.1, 0.15) is 6.61 Å². The lowest BCUT2D eigenvalue weighted by Gasteiger charge is -2.35. The Balaban J connectivity index is 1.20. The van der Waals surface area contributed by atoms with Crippen LogP contribution in [0, 0.1) is 18.3 Å². The molecule has 1 aliphatic rings. The van der Waals surface area contributed by atoms with Gasteiger partial charge in [-0.3, -0.25) is 9.59 Å². The molecule has 0 saturated carbocycles. The van der Waals surface area contributed by atoms with Gasteiger partial charge in [-0.1, -0.05) is 51.6 Å². The number of methoxy groups -OCH3 is 1. The number of carbonyl (C=O) groups excluding carboxylic acids is 3. The highest BCUT2D eigenvalue weighted by atomic mass is 32.1. The zero-order valence-corrected chi connectivity index (χ0v) is 30.8. The predicted molar refractivity (Wildman–Crippen MR) is 198 cm³/mol. The fourth-order valence-electron chi connectivity index (χ4n) is 6.09. The lowest BCUT2D eigenvalue weighted by Crippen LogP contribution is -2.46. The third-order valence-electron chi connectivity index (χ3n) is 9.08. The first kappa shape index (κ1) is 38.7. The van der Waals surface area contributed by atoms with Crippen LogP contribution in [0.3, 0.4) is 0 Å². The maximum absolute atomic E-state index is 14.0. The summed E-state index contributed by atoms with van der Waals surface area (Å²) < 4.78 is 10.4. The average molecular weight is 705 g/mol. The number of unbranched alkanes of at least 4 members (excludes halogenated alkanes) is 2. The third kappa shape index (κ3) is 11.0. The highest BCUT2D eigenvalue weighted by Crippen LogP contribution is 2.34. The number of β-amino-alcohol motifs (C(OH)–C–C–N with tert-alkyl or cyclic N) is 1. The minimum atomic E-state index is -0.661. The molecule has 2 aromatic carbocycles. The van der Waals surface area contributed by atoms with E-state index in [0.717, 1.165) is 53.2 Å². The van der Waals surface area contributed by atoms with Crippen molar-refractivity contribution in [1.82, 2.24) is 15.2 Å². The van der Waals surface area contributed by atoms with Crippen molar-refractivity contribution in [1.29, 1.82) is 0 Å². The number of hydrogen-bond acceptors (Lipinski definition) is 10. The van der Waals surface area contributed by atoms with Crippen LogP contribution in [-0.2, 0) is 25.6 Å². The largest absolute Gasteiger partial charge is 0.465 e. The molecule has 50 heavy (non-hydrogen) atoms. The molecule has 0 aliphatic carbocycles. The highest BCUT2D eigenvalue weighted by Gasteiger charge is 2.42. The Hall–Kier alpha value is -4.06. The van der Waals surface area contributed by atoms with Crippen molar-refractivity contribution in [2.24, 2.45) is 11.3 Å². The van der Waals surface area contributed by atoms with Gasteiger partial charge in [-0.25, -0.2) is 9.78 Å². The van der Waals surface area contributed by atoms with E-state index in [4.69, 9.17) is 9.47 Å². The topological polar surface area (TPSA) is 130 Å². The summed E-state index contributed by atoms with van der Waals surface area (Å²) in [4.78, 5) is 45.8. The number of aliphatic hydroxyl groups is 1. The maximum Gasteiger partial charge on any atom is 0.337 e. The number of anilines is 1. The molecule has 1 saturated heterocycles. The van der Waals surface area contributed by atoms with Gasteiger partial charge in [0.25, 0.3) is 0 Å². The lowest BCUT2D eigenvalue weighted by atomic mass is 9.77. The van der Waals surface area contributed by atoms with E-state index in [1.54, 1.807) is 28.4 Å². The first-order valence-electron chi connectivity index (χ1n) is 17.3.